The highest BCUT2D eigenvalue weighted by atomic mass is 35.5. The summed E-state index contributed by atoms with van der Waals surface area (Å²) in [7, 11) is 1.80. The van der Waals surface area contributed by atoms with Crippen molar-refractivity contribution in [1.82, 2.24) is 9.80 Å². The van der Waals surface area contributed by atoms with Crippen LogP contribution in [0.15, 0.2) is 24.3 Å². The van der Waals surface area contributed by atoms with Crippen molar-refractivity contribution in [3.8, 4) is 0 Å². The summed E-state index contributed by atoms with van der Waals surface area (Å²) in [6, 6.07) is 7.75. The van der Waals surface area contributed by atoms with Crippen LogP contribution in [0.2, 0.25) is 0 Å². The lowest BCUT2D eigenvalue weighted by molar-refractivity contribution is -0.142. The van der Waals surface area contributed by atoms with Gasteiger partial charge in [-0.3, -0.25) is 14.5 Å². The van der Waals surface area contributed by atoms with Gasteiger partial charge in [0.1, 0.15) is 0 Å². The van der Waals surface area contributed by atoms with Crippen molar-refractivity contribution in [2.24, 2.45) is 5.92 Å². The maximum atomic E-state index is 12.6. The minimum Gasteiger partial charge on any atom is -0.481 e. The topological polar surface area (TPSA) is 60.9 Å². The van der Waals surface area contributed by atoms with Crippen molar-refractivity contribution in [1.29, 1.82) is 0 Å². The molecule has 2 unspecified atom stereocenters. The number of carboxylic acid groups (broad SMARTS) is 1. The van der Waals surface area contributed by atoms with Crippen LogP contribution in [0.3, 0.4) is 0 Å². The number of carbonyl (C=O) groups excluding carboxylic acids is 1. The van der Waals surface area contributed by atoms with E-state index in [0.717, 1.165) is 5.56 Å². The highest BCUT2D eigenvalue weighted by Crippen LogP contribution is 2.20. The summed E-state index contributed by atoms with van der Waals surface area (Å²) in [6.07, 6.45) is 0.620. The van der Waals surface area contributed by atoms with Crippen LogP contribution in [0.4, 0.5) is 0 Å². The maximum Gasteiger partial charge on any atom is 0.307 e. The van der Waals surface area contributed by atoms with Gasteiger partial charge >= 0.3 is 5.97 Å². The number of hydrogen-bond acceptors (Lipinski definition) is 3. The van der Waals surface area contributed by atoms with Crippen LogP contribution in [0.1, 0.15) is 24.5 Å². The van der Waals surface area contributed by atoms with Crippen molar-refractivity contribution < 1.29 is 14.7 Å². The van der Waals surface area contributed by atoms with E-state index >= 15 is 0 Å². The number of aliphatic carboxylic acids is 1. The molecule has 0 spiro atoms. The average Bonchev–Trinajstić information content (AvgIpc) is 2.98. The third-order valence-corrected chi connectivity index (χ3v) is 4.52. The highest BCUT2D eigenvalue weighted by molar-refractivity contribution is 5.85. The van der Waals surface area contributed by atoms with Crippen molar-refractivity contribution in [3.63, 3.8) is 0 Å². The first-order valence-electron chi connectivity index (χ1n) is 7.66. The average molecular weight is 341 g/mol. The molecule has 128 valence electrons. The Morgan fingerprint density at radius 2 is 2.04 bits per heavy atom. The van der Waals surface area contributed by atoms with Gasteiger partial charge in [-0.2, -0.15) is 0 Å². The van der Waals surface area contributed by atoms with E-state index < -0.39 is 5.97 Å². The number of carboxylic acids is 1. The van der Waals surface area contributed by atoms with Gasteiger partial charge in [-0.05, 0) is 37.9 Å². The number of nitrogens with zero attached hydrogens (tertiary/aromatic N) is 2. The molecule has 1 aromatic rings. The standard InChI is InChI=1S/C17H24N2O3.ClH/c1-12-6-4-5-7-14(12)10-18(3)16(20)13(2)19-9-8-15(11-19)17(21)22;/h4-7,13,15H,8-11H2,1-3H3,(H,21,22);1H. The fourth-order valence-corrected chi connectivity index (χ4v) is 2.94. The molecule has 1 fully saturated rings. The lowest BCUT2D eigenvalue weighted by Crippen LogP contribution is -2.44. The molecule has 5 nitrogen and oxygen atoms in total. The van der Waals surface area contributed by atoms with Crippen molar-refractivity contribution in [2.45, 2.75) is 32.9 Å². The lowest BCUT2D eigenvalue weighted by Gasteiger charge is -2.28. The smallest absolute Gasteiger partial charge is 0.307 e. The number of carbonyl (C=O) groups is 2. The van der Waals surface area contributed by atoms with E-state index in [9.17, 15) is 9.59 Å². The number of amides is 1. The normalized spacial score (nSPS) is 19.0. The van der Waals surface area contributed by atoms with Gasteiger partial charge in [0.2, 0.25) is 5.91 Å². The molecule has 0 aliphatic carbocycles. The molecule has 0 aromatic heterocycles. The largest absolute Gasteiger partial charge is 0.481 e. The molecule has 2 rings (SSSR count). The Kier molecular flexibility index (Phi) is 7.03. The van der Waals surface area contributed by atoms with Gasteiger partial charge in [0.05, 0.1) is 12.0 Å². The van der Waals surface area contributed by atoms with Crippen LogP contribution in [-0.2, 0) is 16.1 Å². The van der Waals surface area contributed by atoms with Crippen molar-refractivity contribution in [3.05, 3.63) is 35.4 Å². The number of aryl methyl sites for hydroxylation is 1. The molecule has 0 radical (unpaired) electrons. The summed E-state index contributed by atoms with van der Waals surface area (Å²) in [6.45, 7) is 5.60. The summed E-state index contributed by atoms with van der Waals surface area (Å²) in [4.78, 5) is 27.3. The second-order valence-corrected chi connectivity index (χ2v) is 6.12. The first-order chi connectivity index (χ1) is 10.4. The Morgan fingerprint density at radius 1 is 1.39 bits per heavy atom. The van der Waals surface area contributed by atoms with Crippen LogP contribution < -0.4 is 0 Å². The molecule has 1 aromatic carbocycles. The second-order valence-electron chi connectivity index (χ2n) is 6.12. The second kappa shape index (κ2) is 8.31. The zero-order chi connectivity index (χ0) is 16.3. The fourth-order valence-electron chi connectivity index (χ4n) is 2.94. The first kappa shape index (κ1) is 19.5. The summed E-state index contributed by atoms with van der Waals surface area (Å²) in [5.41, 5.74) is 2.30. The summed E-state index contributed by atoms with van der Waals surface area (Å²) in [5, 5.41) is 9.06. The SMILES string of the molecule is Cc1ccccc1CN(C)C(=O)C(C)N1CCC(C(=O)O)C1.Cl. The highest BCUT2D eigenvalue weighted by Gasteiger charge is 2.34. The molecule has 0 saturated carbocycles. The van der Waals surface area contributed by atoms with Gasteiger partial charge in [-0.15, -0.1) is 12.4 Å². The molecule has 1 aliphatic rings. The monoisotopic (exact) mass is 340 g/mol. The number of hydrogen-bond donors (Lipinski definition) is 1. The molecule has 6 heteroatoms. The molecule has 1 amide bonds. The van der Waals surface area contributed by atoms with Crippen LogP contribution in [-0.4, -0.2) is 53.0 Å². The van der Waals surface area contributed by atoms with Gasteiger partial charge in [0.15, 0.2) is 0 Å². The van der Waals surface area contributed by atoms with Gasteiger partial charge in [-0.25, -0.2) is 0 Å². The number of likely N-dealkylation sites (tertiary alicyclic amines) is 1. The van der Waals surface area contributed by atoms with E-state index in [0.29, 0.717) is 26.1 Å². The van der Waals surface area contributed by atoms with E-state index in [1.54, 1.807) is 11.9 Å². The van der Waals surface area contributed by atoms with Gasteiger partial charge in [0.25, 0.3) is 0 Å². The molecule has 2 atom stereocenters. The molecule has 23 heavy (non-hydrogen) atoms. The zero-order valence-electron chi connectivity index (χ0n) is 13.9. The van der Waals surface area contributed by atoms with E-state index in [4.69, 9.17) is 5.11 Å². The summed E-state index contributed by atoms with van der Waals surface area (Å²) < 4.78 is 0. The third-order valence-electron chi connectivity index (χ3n) is 4.52. The predicted octanol–water partition coefficient (Wildman–Crippen LogP) is 2.17. The van der Waals surface area contributed by atoms with Crippen LogP contribution >= 0.6 is 12.4 Å². The Balaban J connectivity index is 0.00000264. The van der Waals surface area contributed by atoms with Crippen LogP contribution in [0.25, 0.3) is 0 Å². The van der Waals surface area contributed by atoms with E-state index in [1.165, 1.54) is 5.56 Å². The molecule has 1 saturated heterocycles. The van der Waals surface area contributed by atoms with E-state index in [-0.39, 0.29) is 30.3 Å². The predicted molar refractivity (Wildman–Crippen MR) is 91.7 cm³/mol. The number of benzene rings is 1. The summed E-state index contributed by atoms with van der Waals surface area (Å²) in [5.74, 6) is -1.08. The Hall–Kier alpha value is -1.59. The lowest BCUT2D eigenvalue weighted by atomic mass is 10.1. The third kappa shape index (κ3) is 4.69. The Bertz CT molecular complexity index is 565. The molecule has 1 heterocycles. The fraction of sp³-hybridized carbons (Fsp3) is 0.529. The molecule has 1 aliphatic heterocycles. The Labute approximate surface area is 143 Å². The van der Waals surface area contributed by atoms with E-state index in [2.05, 4.69) is 0 Å². The van der Waals surface area contributed by atoms with Gasteiger partial charge in [-0.1, -0.05) is 24.3 Å². The molecule has 0 bridgehead atoms. The molecule has 1 N–H and O–H groups in total. The quantitative estimate of drug-likeness (QED) is 0.892. The molecular weight excluding hydrogens is 316 g/mol. The van der Waals surface area contributed by atoms with Crippen LogP contribution in [0, 0.1) is 12.8 Å². The van der Waals surface area contributed by atoms with Crippen molar-refractivity contribution in [2.75, 3.05) is 20.1 Å². The minimum atomic E-state index is -0.768. The van der Waals surface area contributed by atoms with Crippen LogP contribution in [0.5, 0.6) is 0 Å². The van der Waals surface area contributed by atoms with Gasteiger partial charge in [0, 0.05) is 20.1 Å². The summed E-state index contributed by atoms with van der Waals surface area (Å²) >= 11 is 0. The zero-order valence-corrected chi connectivity index (χ0v) is 14.7. The maximum absolute atomic E-state index is 12.6. The number of rotatable bonds is 5. The van der Waals surface area contributed by atoms with Gasteiger partial charge < -0.3 is 10.0 Å². The number of likely N-dealkylation sites (N-methyl/N-ethyl adjacent to an activating group) is 1. The van der Waals surface area contributed by atoms with Crippen molar-refractivity contribution >= 4 is 24.3 Å². The molecular formula is C17H25ClN2O3. The first-order valence-corrected chi connectivity index (χ1v) is 7.66. The van der Waals surface area contributed by atoms with E-state index in [1.807, 2.05) is 43.0 Å². The minimum absolute atomic E-state index is 0. The number of halogens is 1. The Morgan fingerprint density at radius 3 is 2.61 bits per heavy atom.